The van der Waals surface area contributed by atoms with Crippen molar-refractivity contribution < 1.29 is 9.53 Å². The minimum atomic E-state index is -0.401. The van der Waals surface area contributed by atoms with Crippen molar-refractivity contribution in [2.75, 3.05) is 19.4 Å². The van der Waals surface area contributed by atoms with E-state index in [-0.39, 0.29) is 5.97 Å². The van der Waals surface area contributed by atoms with Gasteiger partial charge in [-0.1, -0.05) is 6.92 Å². The Hall–Kier alpha value is -0.220. The molecular formula is C11H19NO2S. The molecule has 4 heteroatoms. The Morgan fingerprint density at radius 1 is 1.60 bits per heavy atom. The van der Waals surface area contributed by atoms with E-state index in [2.05, 4.69) is 12.2 Å². The van der Waals surface area contributed by atoms with Crippen LogP contribution in [0.2, 0.25) is 0 Å². The molecule has 2 fully saturated rings. The van der Waals surface area contributed by atoms with Gasteiger partial charge in [0.15, 0.2) is 0 Å². The minimum Gasteiger partial charge on any atom is -0.468 e. The molecule has 0 bridgehead atoms. The quantitative estimate of drug-likeness (QED) is 0.740. The fourth-order valence-electron chi connectivity index (χ4n) is 2.09. The normalized spacial score (nSPS) is 35.5. The summed E-state index contributed by atoms with van der Waals surface area (Å²) >= 11 is 1.86. The highest BCUT2D eigenvalue weighted by molar-refractivity contribution is 8.00. The summed E-state index contributed by atoms with van der Waals surface area (Å²) in [6, 6.07) is 0. The zero-order chi connectivity index (χ0) is 10.9. The van der Waals surface area contributed by atoms with Crippen LogP contribution in [0.25, 0.3) is 0 Å². The maximum absolute atomic E-state index is 11.8. The van der Waals surface area contributed by atoms with Gasteiger partial charge in [0.2, 0.25) is 0 Å². The molecule has 0 radical (unpaired) electrons. The zero-order valence-corrected chi connectivity index (χ0v) is 10.2. The Morgan fingerprint density at radius 2 is 2.33 bits per heavy atom. The second kappa shape index (κ2) is 4.34. The minimum absolute atomic E-state index is 0.0833. The van der Waals surface area contributed by atoms with Gasteiger partial charge in [0.25, 0.3) is 0 Å². The van der Waals surface area contributed by atoms with Crippen molar-refractivity contribution in [1.82, 2.24) is 5.32 Å². The largest absolute Gasteiger partial charge is 0.468 e. The number of rotatable bonds is 4. The number of esters is 1. The van der Waals surface area contributed by atoms with E-state index in [4.69, 9.17) is 4.74 Å². The molecule has 0 amide bonds. The van der Waals surface area contributed by atoms with Crippen LogP contribution in [0.1, 0.15) is 26.2 Å². The average molecular weight is 229 g/mol. The van der Waals surface area contributed by atoms with Gasteiger partial charge in [0, 0.05) is 11.0 Å². The van der Waals surface area contributed by atoms with E-state index < -0.39 is 5.54 Å². The monoisotopic (exact) mass is 229 g/mol. The van der Waals surface area contributed by atoms with E-state index in [9.17, 15) is 4.79 Å². The van der Waals surface area contributed by atoms with E-state index in [1.165, 1.54) is 20.0 Å². The molecule has 0 aromatic heterocycles. The third kappa shape index (κ3) is 2.48. The van der Waals surface area contributed by atoms with E-state index >= 15 is 0 Å². The number of methoxy groups -OCH3 is 1. The highest BCUT2D eigenvalue weighted by atomic mass is 32.2. The number of hydrogen-bond donors (Lipinski definition) is 1. The van der Waals surface area contributed by atoms with Crippen LogP contribution in [0.15, 0.2) is 0 Å². The molecule has 0 spiro atoms. The lowest BCUT2D eigenvalue weighted by Gasteiger charge is -2.26. The number of nitrogens with one attached hydrogen (secondary N) is 1. The molecular weight excluding hydrogens is 210 g/mol. The molecule has 1 saturated carbocycles. The van der Waals surface area contributed by atoms with Crippen LogP contribution in [-0.2, 0) is 9.53 Å². The van der Waals surface area contributed by atoms with Gasteiger partial charge in [-0.2, -0.15) is 11.8 Å². The lowest BCUT2D eigenvalue weighted by molar-refractivity contribution is -0.147. The number of hydrogen-bond acceptors (Lipinski definition) is 4. The van der Waals surface area contributed by atoms with Crippen LogP contribution in [0.5, 0.6) is 0 Å². The lowest BCUT2D eigenvalue weighted by Crippen LogP contribution is -2.53. The predicted molar refractivity (Wildman–Crippen MR) is 62.0 cm³/mol. The SMILES string of the molecule is COC(=O)C1(NCC2CC2)CSC(C)C1. The number of carbonyl (C=O) groups excluding carboxylic acids is 1. The van der Waals surface area contributed by atoms with Crippen molar-refractivity contribution in [2.24, 2.45) is 5.92 Å². The van der Waals surface area contributed by atoms with Gasteiger partial charge in [-0.15, -0.1) is 0 Å². The first kappa shape index (κ1) is 11.3. The van der Waals surface area contributed by atoms with Crippen molar-refractivity contribution in [2.45, 2.75) is 37.0 Å². The maximum atomic E-state index is 11.8. The molecule has 2 atom stereocenters. The standard InChI is InChI=1S/C11H19NO2S/c1-8-5-11(7-15-8,10(13)14-2)12-6-9-3-4-9/h8-9,12H,3-7H2,1-2H3. The fourth-order valence-corrected chi connectivity index (χ4v) is 3.40. The van der Waals surface area contributed by atoms with Gasteiger partial charge in [-0.05, 0) is 31.7 Å². The van der Waals surface area contributed by atoms with Gasteiger partial charge in [-0.25, -0.2) is 0 Å². The summed E-state index contributed by atoms with van der Waals surface area (Å²) in [5, 5.41) is 3.99. The molecule has 1 N–H and O–H groups in total. The number of thioether (sulfide) groups is 1. The molecule has 2 unspecified atom stereocenters. The van der Waals surface area contributed by atoms with Crippen LogP contribution in [0.4, 0.5) is 0 Å². The third-order valence-electron chi connectivity index (χ3n) is 3.25. The molecule has 15 heavy (non-hydrogen) atoms. The van der Waals surface area contributed by atoms with Crippen molar-refractivity contribution in [1.29, 1.82) is 0 Å². The molecule has 1 saturated heterocycles. The maximum Gasteiger partial charge on any atom is 0.326 e. The van der Waals surface area contributed by atoms with Gasteiger partial charge < -0.3 is 10.1 Å². The molecule has 0 aromatic carbocycles. The van der Waals surface area contributed by atoms with E-state index in [1.807, 2.05) is 11.8 Å². The first-order valence-electron chi connectivity index (χ1n) is 5.61. The Morgan fingerprint density at radius 3 is 2.80 bits per heavy atom. The van der Waals surface area contributed by atoms with Gasteiger partial charge in [-0.3, -0.25) is 4.79 Å². The average Bonchev–Trinajstić information content (AvgIpc) is 2.99. The summed E-state index contributed by atoms with van der Waals surface area (Å²) in [5.74, 6) is 1.57. The summed E-state index contributed by atoms with van der Waals surface area (Å²) in [6.45, 7) is 3.15. The van der Waals surface area contributed by atoms with Gasteiger partial charge in [0.05, 0.1) is 7.11 Å². The first-order chi connectivity index (χ1) is 7.16. The van der Waals surface area contributed by atoms with E-state index in [0.717, 1.165) is 24.6 Å². The molecule has 2 aliphatic rings. The Bertz CT molecular complexity index is 255. The first-order valence-corrected chi connectivity index (χ1v) is 6.66. The van der Waals surface area contributed by atoms with Gasteiger partial charge >= 0.3 is 5.97 Å². The second-order valence-electron chi connectivity index (χ2n) is 4.72. The highest BCUT2D eigenvalue weighted by Crippen LogP contribution is 2.36. The van der Waals surface area contributed by atoms with E-state index in [1.54, 1.807) is 0 Å². The van der Waals surface area contributed by atoms with E-state index in [0.29, 0.717) is 5.25 Å². The fraction of sp³-hybridized carbons (Fsp3) is 0.909. The van der Waals surface area contributed by atoms with Crippen molar-refractivity contribution in [3.8, 4) is 0 Å². The molecule has 86 valence electrons. The third-order valence-corrected chi connectivity index (χ3v) is 4.65. The van der Waals surface area contributed by atoms with Crippen LogP contribution in [0.3, 0.4) is 0 Å². The molecule has 3 nitrogen and oxygen atoms in total. The Balaban J connectivity index is 1.97. The van der Waals surface area contributed by atoms with Crippen LogP contribution >= 0.6 is 11.8 Å². The summed E-state index contributed by atoms with van der Waals surface area (Å²) in [7, 11) is 1.48. The van der Waals surface area contributed by atoms with Gasteiger partial charge in [0.1, 0.15) is 5.54 Å². The topological polar surface area (TPSA) is 38.3 Å². The summed E-state index contributed by atoms with van der Waals surface area (Å²) in [5.41, 5.74) is -0.401. The number of ether oxygens (including phenoxy) is 1. The Kier molecular flexibility index (Phi) is 3.26. The highest BCUT2D eigenvalue weighted by Gasteiger charge is 2.46. The smallest absolute Gasteiger partial charge is 0.326 e. The molecule has 1 heterocycles. The van der Waals surface area contributed by atoms with Crippen LogP contribution in [0, 0.1) is 5.92 Å². The molecule has 1 aliphatic heterocycles. The second-order valence-corrected chi connectivity index (χ2v) is 6.15. The lowest BCUT2D eigenvalue weighted by atomic mass is 9.96. The van der Waals surface area contributed by atoms with Crippen molar-refractivity contribution >= 4 is 17.7 Å². The van der Waals surface area contributed by atoms with Crippen molar-refractivity contribution in [3.05, 3.63) is 0 Å². The molecule has 0 aromatic rings. The predicted octanol–water partition coefficient (Wildman–Crippen LogP) is 1.42. The number of carbonyl (C=O) groups is 1. The summed E-state index contributed by atoms with van der Waals surface area (Å²) in [6.07, 6.45) is 3.52. The summed E-state index contributed by atoms with van der Waals surface area (Å²) < 4.78 is 4.92. The zero-order valence-electron chi connectivity index (χ0n) is 9.41. The molecule has 2 rings (SSSR count). The van der Waals surface area contributed by atoms with Crippen LogP contribution < -0.4 is 5.32 Å². The van der Waals surface area contributed by atoms with Crippen molar-refractivity contribution in [3.63, 3.8) is 0 Å². The van der Waals surface area contributed by atoms with Crippen LogP contribution in [-0.4, -0.2) is 36.2 Å². The summed E-state index contributed by atoms with van der Waals surface area (Å²) in [4.78, 5) is 11.8. The molecule has 1 aliphatic carbocycles. The Labute approximate surface area is 95.3 Å².